The normalized spacial score (nSPS) is 15.9. The van der Waals surface area contributed by atoms with Gasteiger partial charge in [-0.25, -0.2) is 0 Å². The smallest absolute Gasteiger partial charge is 0.236 e. The van der Waals surface area contributed by atoms with Gasteiger partial charge in [-0.1, -0.05) is 0 Å². The van der Waals surface area contributed by atoms with Crippen molar-refractivity contribution in [1.82, 2.24) is 9.80 Å². The minimum atomic E-state index is 0.190. The number of hydrogen-bond donors (Lipinski definition) is 1. The van der Waals surface area contributed by atoms with Gasteiger partial charge in [-0.3, -0.25) is 9.69 Å². The Labute approximate surface area is 98.2 Å². The van der Waals surface area contributed by atoms with Crippen LogP contribution in [-0.2, 0) is 4.79 Å². The maximum absolute atomic E-state index is 11.9. The highest BCUT2D eigenvalue weighted by atomic mass is 16.3. The molecule has 1 N–H and O–H groups in total. The van der Waals surface area contributed by atoms with E-state index in [4.69, 9.17) is 5.11 Å². The summed E-state index contributed by atoms with van der Waals surface area (Å²) in [4.78, 5) is 15.9. The van der Waals surface area contributed by atoms with E-state index < -0.39 is 0 Å². The first-order valence-corrected chi connectivity index (χ1v) is 6.16. The molecule has 4 heteroatoms. The molecule has 1 aliphatic carbocycles. The van der Waals surface area contributed by atoms with Gasteiger partial charge in [0.15, 0.2) is 0 Å². The van der Waals surface area contributed by atoms with Crippen LogP contribution in [0.3, 0.4) is 0 Å². The fourth-order valence-electron chi connectivity index (χ4n) is 1.74. The van der Waals surface area contributed by atoms with Crippen LogP contribution in [0.2, 0.25) is 0 Å². The van der Waals surface area contributed by atoms with Gasteiger partial charge < -0.3 is 10.0 Å². The van der Waals surface area contributed by atoms with Gasteiger partial charge in [0.2, 0.25) is 5.91 Å². The predicted octanol–water partition coefficient (Wildman–Crippen LogP) is 0.700. The Balaban J connectivity index is 2.37. The first-order chi connectivity index (χ1) is 7.56. The summed E-state index contributed by atoms with van der Waals surface area (Å²) in [5, 5.41) is 8.82. The fraction of sp³-hybridized carbons (Fsp3) is 0.917. The molecular formula is C12H24N2O2. The predicted molar refractivity (Wildman–Crippen MR) is 64.2 cm³/mol. The summed E-state index contributed by atoms with van der Waals surface area (Å²) in [6.45, 7) is 5.63. The van der Waals surface area contributed by atoms with Crippen LogP contribution in [0, 0.1) is 0 Å². The Kier molecular flexibility index (Phi) is 5.22. The Morgan fingerprint density at radius 3 is 2.50 bits per heavy atom. The molecule has 16 heavy (non-hydrogen) atoms. The molecule has 94 valence electrons. The van der Waals surface area contributed by atoms with Gasteiger partial charge in [-0.15, -0.1) is 0 Å². The number of aliphatic hydroxyl groups is 1. The summed E-state index contributed by atoms with van der Waals surface area (Å²) in [6.07, 6.45) is 3.04. The Morgan fingerprint density at radius 2 is 2.06 bits per heavy atom. The molecule has 0 heterocycles. The fourth-order valence-corrected chi connectivity index (χ4v) is 1.74. The van der Waals surface area contributed by atoms with Gasteiger partial charge in [-0.2, -0.15) is 0 Å². The molecule has 1 saturated carbocycles. The average Bonchev–Trinajstić information content (AvgIpc) is 3.05. The molecule has 0 spiro atoms. The van der Waals surface area contributed by atoms with E-state index in [-0.39, 0.29) is 12.5 Å². The zero-order valence-electron chi connectivity index (χ0n) is 10.6. The zero-order chi connectivity index (χ0) is 12.1. The highest BCUT2D eigenvalue weighted by Crippen LogP contribution is 2.25. The van der Waals surface area contributed by atoms with Crippen LogP contribution in [0.15, 0.2) is 0 Å². The average molecular weight is 228 g/mol. The van der Waals surface area contributed by atoms with Gasteiger partial charge in [0.1, 0.15) is 0 Å². The number of nitrogens with zero attached hydrogens (tertiary/aromatic N) is 2. The van der Waals surface area contributed by atoms with Crippen molar-refractivity contribution < 1.29 is 9.90 Å². The van der Waals surface area contributed by atoms with E-state index in [9.17, 15) is 4.79 Å². The molecule has 0 aromatic carbocycles. The maximum atomic E-state index is 11.9. The van der Waals surface area contributed by atoms with Crippen molar-refractivity contribution in [3.63, 3.8) is 0 Å². The number of carbonyl (C=O) groups is 1. The third-order valence-electron chi connectivity index (χ3n) is 3.16. The minimum Gasteiger partial charge on any atom is -0.396 e. The summed E-state index contributed by atoms with van der Waals surface area (Å²) < 4.78 is 0. The topological polar surface area (TPSA) is 43.8 Å². The SMILES string of the molecule is CC(C)N(CCCO)CC(=O)N(C)C1CC1. The molecular weight excluding hydrogens is 204 g/mol. The van der Waals surface area contributed by atoms with Crippen LogP contribution in [0.5, 0.6) is 0 Å². The second-order valence-corrected chi connectivity index (χ2v) is 4.88. The number of aliphatic hydroxyl groups excluding tert-OH is 1. The lowest BCUT2D eigenvalue weighted by Crippen LogP contribution is -2.42. The number of carbonyl (C=O) groups excluding carboxylic acids is 1. The van der Waals surface area contributed by atoms with E-state index in [0.29, 0.717) is 18.6 Å². The van der Waals surface area contributed by atoms with Crippen LogP contribution < -0.4 is 0 Å². The first kappa shape index (κ1) is 13.5. The van der Waals surface area contributed by atoms with Crippen molar-refractivity contribution in [3.8, 4) is 0 Å². The Morgan fingerprint density at radius 1 is 1.44 bits per heavy atom. The van der Waals surface area contributed by atoms with E-state index in [1.165, 1.54) is 0 Å². The molecule has 0 aromatic rings. The van der Waals surface area contributed by atoms with Crippen molar-refractivity contribution in [2.24, 2.45) is 0 Å². The highest BCUT2D eigenvalue weighted by molar-refractivity contribution is 5.78. The summed E-state index contributed by atoms with van der Waals surface area (Å²) >= 11 is 0. The second kappa shape index (κ2) is 6.21. The van der Waals surface area contributed by atoms with Gasteiger partial charge >= 0.3 is 0 Å². The molecule has 0 aromatic heterocycles. The maximum Gasteiger partial charge on any atom is 0.236 e. The minimum absolute atomic E-state index is 0.190. The second-order valence-electron chi connectivity index (χ2n) is 4.88. The third kappa shape index (κ3) is 4.10. The van der Waals surface area contributed by atoms with Crippen molar-refractivity contribution in [3.05, 3.63) is 0 Å². The van der Waals surface area contributed by atoms with Gasteiger partial charge in [0.25, 0.3) is 0 Å². The van der Waals surface area contributed by atoms with Crippen LogP contribution in [0.4, 0.5) is 0 Å². The van der Waals surface area contributed by atoms with Crippen molar-refractivity contribution in [2.75, 3.05) is 26.7 Å². The van der Waals surface area contributed by atoms with E-state index >= 15 is 0 Å². The Hall–Kier alpha value is -0.610. The van der Waals surface area contributed by atoms with Gasteiger partial charge in [0, 0.05) is 32.3 Å². The lowest BCUT2D eigenvalue weighted by atomic mass is 10.2. The van der Waals surface area contributed by atoms with Crippen molar-refractivity contribution in [2.45, 2.75) is 45.2 Å². The molecule has 0 unspecified atom stereocenters. The van der Waals surface area contributed by atoms with Crippen LogP contribution in [0.25, 0.3) is 0 Å². The molecule has 0 radical (unpaired) electrons. The summed E-state index contributed by atoms with van der Waals surface area (Å²) in [5.41, 5.74) is 0. The number of likely N-dealkylation sites (N-methyl/N-ethyl adjacent to an activating group) is 1. The monoisotopic (exact) mass is 228 g/mol. The number of rotatable bonds is 7. The number of hydrogen-bond acceptors (Lipinski definition) is 3. The van der Waals surface area contributed by atoms with E-state index in [1.807, 2.05) is 11.9 Å². The van der Waals surface area contributed by atoms with E-state index in [2.05, 4.69) is 18.7 Å². The zero-order valence-corrected chi connectivity index (χ0v) is 10.6. The summed E-state index contributed by atoms with van der Waals surface area (Å²) in [6, 6.07) is 0.836. The molecule has 0 saturated heterocycles. The first-order valence-electron chi connectivity index (χ1n) is 6.16. The quantitative estimate of drug-likeness (QED) is 0.697. The molecule has 1 fully saturated rings. The molecule has 0 aliphatic heterocycles. The van der Waals surface area contributed by atoms with Crippen molar-refractivity contribution >= 4 is 5.91 Å². The lowest BCUT2D eigenvalue weighted by Gasteiger charge is -2.28. The molecule has 1 amide bonds. The summed E-state index contributed by atoms with van der Waals surface area (Å²) in [7, 11) is 1.89. The standard InChI is InChI=1S/C12H24N2O2/c1-10(2)14(7-4-8-15)9-12(16)13(3)11-5-6-11/h10-11,15H,4-9H2,1-3H3. The van der Waals surface area contributed by atoms with Gasteiger partial charge in [0.05, 0.1) is 6.54 Å². The number of amides is 1. The van der Waals surface area contributed by atoms with Gasteiger partial charge in [-0.05, 0) is 33.1 Å². The van der Waals surface area contributed by atoms with Crippen molar-refractivity contribution in [1.29, 1.82) is 0 Å². The van der Waals surface area contributed by atoms with Crippen LogP contribution >= 0.6 is 0 Å². The summed E-state index contributed by atoms with van der Waals surface area (Å²) in [5.74, 6) is 0.203. The van der Waals surface area contributed by atoms with Crippen LogP contribution in [-0.4, -0.2) is 59.6 Å². The molecule has 0 bridgehead atoms. The Bertz CT molecular complexity index is 227. The third-order valence-corrected chi connectivity index (χ3v) is 3.16. The lowest BCUT2D eigenvalue weighted by molar-refractivity contribution is -0.132. The molecule has 1 aliphatic rings. The van der Waals surface area contributed by atoms with Crippen LogP contribution in [0.1, 0.15) is 33.1 Å². The highest BCUT2D eigenvalue weighted by Gasteiger charge is 2.30. The molecule has 4 nitrogen and oxygen atoms in total. The van der Waals surface area contributed by atoms with E-state index in [1.54, 1.807) is 0 Å². The molecule has 1 rings (SSSR count). The molecule has 0 atom stereocenters. The largest absolute Gasteiger partial charge is 0.396 e. The van der Waals surface area contributed by atoms with E-state index in [0.717, 1.165) is 25.8 Å².